The molecule has 0 aliphatic rings. The van der Waals surface area contributed by atoms with Gasteiger partial charge in [0.1, 0.15) is 12.4 Å². The Morgan fingerprint density at radius 2 is 1.80 bits per heavy atom. The first-order chi connectivity index (χ1) is 14.0. The van der Waals surface area contributed by atoms with Crippen molar-refractivity contribution in [2.45, 2.75) is 26.6 Å². The number of carbonyl (C=O) groups is 1. The monoisotopic (exact) mass is 419 g/mol. The van der Waals surface area contributed by atoms with Crippen molar-refractivity contribution in [3.63, 3.8) is 0 Å². The Kier molecular flexibility index (Phi) is 5.73. The molecule has 1 aromatic heterocycles. The summed E-state index contributed by atoms with van der Waals surface area (Å²) in [5.74, 6) is -2.22. The van der Waals surface area contributed by atoms with Crippen LogP contribution in [-0.4, -0.2) is 15.7 Å². The third-order valence-corrected chi connectivity index (χ3v) is 4.38. The number of rotatable bonds is 4. The van der Waals surface area contributed by atoms with Gasteiger partial charge in [-0.1, -0.05) is 17.7 Å². The van der Waals surface area contributed by atoms with Crippen LogP contribution in [0.2, 0.25) is 0 Å². The molecule has 156 valence electrons. The maximum atomic E-state index is 13.4. The molecule has 30 heavy (non-hydrogen) atoms. The van der Waals surface area contributed by atoms with E-state index in [9.17, 15) is 27.2 Å². The van der Waals surface area contributed by atoms with Gasteiger partial charge in [0.25, 0.3) is 5.56 Å². The fourth-order valence-corrected chi connectivity index (χ4v) is 2.87. The Balaban J connectivity index is 1.84. The largest absolute Gasteiger partial charge is 0.419 e. The lowest BCUT2D eigenvalue weighted by atomic mass is 10.0. The fourth-order valence-electron chi connectivity index (χ4n) is 2.87. The Labute approximate surface area is 169 Å². The number of alkyl halides is 3. The van der Waals surface area contributed by atoms with Crippen molar-refractivity contribution in [3.8, 4) is 11.3 Å². The Morgan fingerprint density at radius 3 is 2.50 bits per heavy atom. The van der Waals surface area contributed by atoms with Gasteiger partial charge in [0.2, 0.25) is 5.91 Å². The second kappa shape index (κ2) is 8.10. The van der Waals surface area contributed by atoms with Crippen molar-refractivity contribution >= 4 is 11.6 Å². The summed E-state index contributed by atoms with van der Waals surface area (Å²) < 4.78 is 52.8. The SMILES string of the molecule is Cc1ccc(C)c(-c2ccc(=O)n(CC(=O)Nc3ccc(F)c(C(F)(F)F)c3)n2)c1. The molecule has 1 heterocycles. The molecular weight excluding hydrogens is 402 g/mol. The first-order valence-electron chi connectivity index (χ1n) is 8.87. The molecule has 9 heteroatoms. The number of aromatic nitrogens is 2. The van der Waals surface area contributed by atoms with E-state index in [0.717, 1.165) is 27.4 Å². The molecule has 0 aliphatic carbocycles. The van der Waals surface area contributed by atoms with E-state index in [0.29, 0.717) is 17.8 Å². The van der Waals surface area contributed by atoms with E-state index in [1.165, 1.54) is 12.1 Å². The molecule has 0 saturated heterocycles. The number of hydrogen-bond acceptors (Lipinski definition) is 3. The minimum atomic E-state index is -4.90. The average Bonchev–Trinajstić information content (AvgIpc) is 2.66. The summed E-state index contributed by atoms with van der Waals surface area (Å²) in [5.41, 5.74) is 0.898. The van der Waals surface area contributed by atoms with E-state index in [-0.39, 0.29) is 5.69 Å². The molecule has 1 N–H and O–H groups in total. The zero-order valence-electron chi connectivity index (χ0n) is 16.0. The summed E-state index contributed by atoms with van der Waals surface area (Å²) in [7, 11) is 0. The number of nitrogens with zero attached hydrogens (tertiary/aromatic N) is 2. The molecule has 0 unspecified atom stereocenters. The average molecular weight is 419 g/mol. The third-order valence-electron chi connectivity index (χ3n) is 4.38. The van der Waals surface area contributed by atoms with E-state index in [1.54, 1.807) is 0 Å². The van der Waals surface area contributed by atoms with Crippen LogP contribution in [0.3, 0.4) is 0 Å². The van der Waals surface area contributed by atoms with E-state index >= 15 is 0 Å². The molecule has 2 aromatic carbocycles. The van der Waals surface area contributed by atoms with Gasteiger partial charge in [-0.05, 0) is 49.7 Å². The highest BCUT2D eigenvalue weighted by atomic mass is 19.4. The number of carbonyl (C=O) groups excluding carboxylic acids is 1. The molecule has 3 aromatic rings. The molecular formula is C21H17F4N3O2. The van der Waals surface area contributed by atoms with Gasteiger partial charge in [-0.3, -0.25) is 9.59 Å². The van der Waals surface area contributed by atoms with Crippen molar-refractivity contribution in [1.82, 2.24) is 9.78 Å². The highest BCUT2D eigenvalue weighted by Gasteiger charge is 2.34. The smallest absolute Gasteiger partial charge is 0.324 e. The van der Waals surface area contributed by atoms with Crippen LogP contribution >= 0.6 is 0 Å². The van der Waals surface area contributed by atoms with Crippen molar-refractivity contribution in [1.29, 1.82) is 0 Å². The molecule has 0 fully saturated rings. The van der Waals surface area contributed by atoms with Gasteiger partial charge in [-0.25, -0.2) is 9.07 Å². The minimum absolute atomic E-state index is 0.243. The highest BCUT2D eigenvalue weighted by molar-refractivity contribution is 5.90. The van der Waals surface area contributed by atoms with Gasteiger partial charge >= 0.3 is 6.18 Å². The summed E-state index contributed by atoms with van der Waals surface area (Å²) in [6.07, 6.45) is -4.90. The van der Waals surface area contributed by atoms with Crippen LogP contribution in [0, 0.1) is 19.7 Å². The predicted molar refractivity (Wildman–Crippen MR) is 103 cm³/mol. The van der Waals surface area contributed by atoms with Gasteiger partial charge in [0.05, 0.1) is 11.3 Å². The Bertz CT molecular complexity index is 1170. The number of hydrogen-bond donors (Lipinski definition) is 1. The van der Waals surface area contributed by atoms with Crippen LogP contribution in [0.25, 0.3) is 11.3 Å². The van der Waals surface area contributed by atoms with E-state index in [1.807, 2.05) is 32.0 Å². The molecule has 0 spiro atoms. The van der Waals surface area contributed by atoms with Crippen LogP contribution in [0.1, 0.15) is 16.7 Å². The number of aryl methyl sites for hydroxylation is 2. The van der Waals surface area contributed by atoms with Crippen molar-refractivity contribution in [3.05, 3.63) is 81.4 Å². The van der Waals surface area contributed by atoms with Crippen LogP contribution in [-0.2, 0) is 17.5 Å². The van der Waals surface area contributed by atoms with E-state index in [2.05, 4.69) is 10.4 Å². The minimum Gasteiger partial charge on any atom is -0.324 e. The van der Waals surface area contributed by atoms with Gasteiger partial charge < -0.3 is 5.32 Å². The molecule has 5 nitrogen and oxygen atoms in total. The maximum absolute atomic E-state index is 13.4. The highest BCUT2D eigenvalue weighted by Crippen LogP contribution is 2.33. The standard InChI is InChI=1S/C21H17F4N3O2/c1-12-3-4-13(2)15(9-12)18-7-8-20(30)28(27-18)11-19(29)26-14-5-6-17(22)16(10-14)21(23,24)25/h3-10H,11H2,1-2H3,(H,26,29). The normalized spacial score (nSPS) is 11.4. The summed E-state index contributed by atoms with van der Waals surface area (Å²) in [5, 5.41) is 6.43. The molecule has 0 radical (unpaired) electrons. The second-order valence-corrected chi connectivity index (χ2v) is 6.77. The van der Waals surface area contributed by atoms with Gasteiger partial charge in [0, 0.05) is 17.3 Å². The van der Waals surface area contributed by atoms with Crippen molar-refractivity contribution in [2.75, 3.05) is 5.32 Å². The van der Waals surface area contributed by atoms with Crippen LogP contribution in [0.15, 0.2) is 53.3 Å². The number of amides is 1. The van der Waals surface area contributed by atoms with Gasteiger partial charge in [-0.15, -0.1) is 0 Å². The van der Waals surface area contributed by atoms with Gasteiger partial charge in [0.15, 0.2) is 0 Å². The fraction of sp³-hybridized carbons (Fsp3) is 0.190. The lowest BCUT2D eigenvalue weighted by Gasteiger charge is -2.12. The van der Waals surface area contributed by atoms with E-state index < -0.39 is 35.6 Å². The maximum Gasteiger partial charge on any atom is 0.419 e. The topological polar surface area (TPSA) is 64.0 Å². The Morgan fingerprint density at radius 1 is 1.07 bits per heavy atom. The predicted octanol–water partition coefficient (Wildman–Crippen LogP) is 4.32. The lowest BCUT2D eigenvalue weighted by molar-refractivity contribution is -0.140. The zero-order valence-corrected chi connectivity index (χ0v) is 16.0. The molecule has 1 amide bonds. The quantitative estimate of drug-likeness (QED) is 0.641. The Hall–Kier alpha value is -3.49. The summed E-state index contributed by atoms with van der Waals surface area (Å²) in [6, 6.07) is 10.6. The molecule has 0 aliphatic heterocycles. The van der Waals surface area contributed by atoms with Crippen LogP contribution in [0.4, 0.5) is 23.2 Å². The first kappa shape index (κ1) is 21.2. The van der Waals surface area contributed by atoms with Gasteiger partial charge in [-0.2, -0.15) is 18.3 Å². The number of halogens is 4. The number of benzene rings is 2. The zero-order chi connectivity index (χ0) is 22.1. The first-order valence-corrected chi connectivity index (χ1v) is 8.87. The summed E-state index contributed by atoms with van der Waals surface area (Å²) in [4.78, 5) is 24.4. The number of anilines is 1. The van der Waals surface area contributed by atoms with E-state index in [4.69, 9.17) is 0 Å². The molecule has 0 bridgehead atoms. The second-order valence-electron chi connectivity index (χ2n) is 6.77. The summed E-state index contributed by atoms with van der Waals surface area (Å²) in [6.45, 7) is 3.27. The van der Waals surface area contributed by atoms with Crippen LogP contribution < -0.4 is 10.9 Å². The third kappa shape index (κ3) is 4.73. The van der Waals surface area contributed by atoms with Crippen molar-refractivity contribution < 1.29 is 22.4 Å². The molecule has 0 atom stereocenters. The number of nitrogens with one attached hydrogen (secondary N) is 1. The summed E-state index contributed by atoms with van der Waals surface area (Å²) >= 11 is 0. The lowest BCUT2D eigenvalue weighted by Crippen LogP contribution is -2.29. The van der Waals surface area contributed by atoms with Crippen molar-refractivity contribution in [2.24, 2.45) is 0 Å². The van der Waals surface area contributed by atoms with Crippen LogP contribution in [0.5, 0.6) is 0 Å². The molecule has 0 saturated carbocycles. The molecule has 3 rings (SSSR count).